The van der Waals surface area contributed by atoms with Gasteiger partial charge in [0.25, 0.3) is 0 Å². The van der Waals surface area contributed by atoms with Gasteiger partial charge in [-0.15, -0.1) is 11.3 Å². The maximum absolute atomic E-state index is 6.01. The molecule has 0 radical (unpaired) electrons. The Kier molecular flexibility index (Phi) is 3.34. The van der Waals surface area contributed by atoms with Gasteiger partial charge in [-0.05, 0) is 18.4 Å². The molecule has 0 atom stereocenters. The van der Waals surface area contributed by atoms with Crippen LogP contribution in [0.4, 0.5) is 11.5 Å². The molecule has 0 saturated carbocycles. The summed E-state index contributed by atoms with van der Waals surface area (Å²) in [5.41, 5.74) is 7.70. The molecule has 18 heavy (non-hydrogen) atoms. The Morgan fingerprint density at radius 2 is 2.22 bits per heavy atom. The van der Waals surface area contributed by atoms with Crippen molar-refractivity contribution >= 4 is 22.8 Å². The van der Waals surface area contributed by atoms with Gasteiger partial charge < -0.3 is 11.1 Å². The second kappa shape index (κ2) is 4.65. The average Bonchev–Trinajstić information content (AvgIpc) is 2.88. The van der Waals surface area contributed by atoms with Crippen molar-refractivity contribution in [3.8, 4) is 0 Å². The molecule has 0 bridgehead atoms. The molecule has 2 rings (SSSR count). The number of rotatable bonds is 4. The molecule has 0 unspecified atom stereocenters. The fraction of sp³-hybridized carbons (Fsp3) is 0.462. The number of anilines is 2. The molecule has 0 amide bonds. The molecule has 0 aliphatic carbocycles. The Labute approximate surface area is 112 Å². The van der Waals surface area contributed by atoms with E-state index in [2.05, 4.69) is 41.8 Å². The molecule has 0 spiro atoms. The quantitative estimate of drug-likeness (QED) is 0.892. The van der Waals surface area contributed by atoms with Crippen LogP contribution in [-0.4, -0.2) is 16.3 Å². The van der Waals surface area contributed by atoms with E-state index in [1.807, 2.05) is 14.0 Å². The van der Waals surface area contributed by atoms with E-state index in [9.17, 15) is 0 Å². The number of nitrogens with zero attached hydrogens (tertiary/aromatic N) is 2. The van der Waals surface area contributed by atoms with Crippen LogP contribution >= 0.6 is 11.3 Å². The van der Waals surface area contributed by atoms with Crippen LogP contribution in [0.2, 0.25) is 0 Å². The predicted octanol–water partition coefficient (Wildman–Crippen LogP) is 2.76. The summed E-state index contributed by atoms with van der Waals surface area (Å²) in [6.07, 6.45) is 0. The minimum Gasteiger partial charge on any atom is -0.394 e. The van der Waals surface area contributed by atoms with E-state index in [-0.39, 0.29) is 5.41 Å². The van der Waals surface area contributed by atoms with Crippen LogP contribution in [0.3, 0.4) is 0 Å². The van der Waals surface area contributed by atoms with Gasteiger partial charge in [0.15, 0.2) is 0 Å². The summed E-state index contributed by atoms with van der Waals surface area (Å²) >= 11 is 1.78. The van der Waals surface area contributed by atoms with Crippen molar-refractivity contribution in [2.45, 2.75) is 26.2 Å². The summed E-state index contributed by atoms with van der Waals surface area (Å²) in [6, 6.07) is 4.26. The lowest BCUT2D eigenvalue weighted by Gasteiger charge is -2.24. The zero-order valence-electron chi connectivity index (χ0n) is 11.3. The molecule has 0 saturated heterocycles. The molecule has 4 nitrogen and oxygen atoms in total. The fourth-order valence-corrected chi connectivity index (χ4v) is 2.79. The van der Waals surface area contributed by atoms with Gasteiger partial charge in [-0.25, -0.2) is 0 Å². The molecule has 3 N–H and O–H groups in total. The highest BCUT2D eigenvalue weighted by Gasteiger charge is 2.22. The third-order valence-electron chi connectivity index (χ3n) is 3.15. The Morgan fingerprint density at radius 1 is 1.50 bits per heavy atom. The lowest BCUT2D eigenvalue weighted by Crippen LogP contribution is -2.27. The van der Waals surface area contributed by atoms with Crippen LogP contribution in [0.25, 0.3) is 0 Å². The minimum atomic E-state index is 0.0821. The highest BCUT2D eigenvalue weighted by Crippen LogP contribution is 2.29. The molecule has 2 aromatic rings. The van der Waals surface area contributed by atoms with E-state index in [0.29, 0.717) is 0 Å². The first-order valence-electron chi connectivity index (χ1n) is 5.99. The lowest BCUT2D eigenvalue weighted by molar-refractivity contribution is 0.565. The summed E-state index contributed by atoms with van der Waals surface area (Å²) in [7, 11) is 1.91. The Hall–Kier alpha value is -1.49. The number of nitrogens with one attached hydrogen (secondary N) is 1. The number of hydrogen-bond donors (Lipinski definition) is 2. The zero-order valence-corrected chi connectivity index (χ0v) is 12.1. The normalized spacial score (nSPS) is 11.8. The topological polar surface area (TPSA) is 55.9 Å². The third-order valence-corrected chi connectivity index (χ3v) is 4.39. The fourth-order valence-electron chi connectivity index (χ4n) is 1.94. The van der Waals surface area contributed by atoms with Crippen LogP contribution in [-0.2, 0) is 12.5 Å². The van der Waals surface area contributed by atoms with Gasteiger partial charge in [0.2, 0.25) is 0 Å². The molecular weight excluding hydrogens is 244 g/mol. The van der Waals surface area contributed by atoms with Crippen LogP contribution in [0.15, 0.2) is 17.5 Å². The first kappa shape index (κ1) is 13.0. The van der Waals surface area contributed by atoms with Crippen molar-refractivity contribution in [3.63, 3.8) is 0 Å². The SMILES string of the molecule is Cc1nn(C)c(NCC(C)(C)c2cccs2)c1N. The minimum absolute atomic E-state index is 0.0821. The smallest absolute Gasteiger partial charge is 0.147 e. The second-order valence-electron chi connectivity index (χ2n) is 5.19. The van der Waals surface area contributed by atoms with E-state index < -0.39 is 0 Å². The highest BCUT2D eigenvalue weighted by molar-refractivity contribution is 7.10. The van der Waals surface area contributed by atoms with E-state index >= 15 is 0 Å². The Balaban J connectivity index is 2.12. The largest absolute Gasteiger partial charge is 0.394 e. The summed E-state index contributed by atoms with van der Waals surface area (Å²) in [6.45, 7) is 7.21. The number of nitrogen functional groups attached to an aromatic ring is 1. The Bertz CT molecular complexity index is 525. The van der Waals surface area contributed by atoms with Crippen LogP contribution in [0.5, 0.6) is 0 Å². The Morgan fingerprint density at radius 3 is 2.72 bits per heavy atom. The number of nitrogens with two attached hydrogens (primary N) is 1. The standard InChI is InChI=1S/C13H20N4S/c1-9-11(14)12(17(4)16-9)15-8-13(2,3)10-6-5-7-18-10/h5-7,15H,8,14H2,1-4H3. The molecule has 2 aromatic heterocycles. The molecule has 0 aromatic carbocycles. The van der Waals surface area contributed by atoms with Crippen molar-refractivity contribution < 1.29 is 0 Å². The van der Waals surface area contributed by atoms with Gasteiger partial charge in [-0.1, -0.05) is 19.9 Å². The van der Waals surface area contributed by atoms with Crippen molar-refractivity contribution in [1.82, 2.24) is 9.78 Å². The zero-order chi connectivity index (χ0) is 13.3. The molecular formula is C13H20N4S. The van der Waals surface area contributed by atoms with Gasteiger partial charge in [0.05, 0.1) is 11.4 Å². The first-order valence-corrected chi connectivity index (χ1v) is 6.87. The predicted molar refractivity (Wildman–Crippen MR) is 78.2 cm³/mol. The summed E-state index contributed by atoms with van der Waals surface area (Å²) < 4.78 is 1.80. The van der Waals surface area contributed by atoms with Crippen molar-refractivity contribution in [2.24, 2.45) is 7.05 Å². The molecule has 0 fully saturated rings. The van der Waals surface area contributed by atoms with E-state index in [4.69, 9.17) is 5.73 Å². The number of aryl methyl sites for hydroxylation is 2. The van der Waals surface area contributed by atoms with E-state index in [0.717, 1.165) is 23.7 Å². The molecule has 0 aliphatic heterocycles. The van der Waals surface area contributed by atoms with Crippen LogP contribution in [0, 0.1) is 6.92 Å². The van der Waals surface area contributed by atoms with E-state index in [1.54, 1.807) is 16.0 Å². The van der Waals surface area contributed by atoms with Gasteiger partial charge >= 0.3 is 0 Å². The lowest BCUT2D eigenvalue weighted by atomic mass is 9.91. The third kappa shape index (κ3) is 2.36. The van der Waals surface area contributed by atoms with Crippen molar-refractivity contribution in [2.75, 3.05) is 17.6 Å². The first-order chi connectivity index (χ1) is 8.42. The van der Waals surface area contributed by atoms with Crippen molar-refractivity contribution in [3.05, 3.63) is 28.1 Å². The molecule has 0 aliphatic rings. The summed E-state index contributed by atoms with van der Waals surface area (Å²) in [5.74, 6) is 0.900. The number of aromatic nitrogens is 2. The second-order valence-corrected chi connectivity index (χ2v) is 6.13. The van der Waals surface area contributed by atoms with E-state index in [1.165, 1.54) is 4.88 Å². The molecule has 5 heteroatoms. The van der Waals surface area contributed by atoms with Gasteiger partial charge in [0.1, 0.15) is 5.82 Å². The van der Waals surface area contributed by atoms with Gasteiger partial charge in [-0.3, -0.25) is 4.68 Å². The summed E-state index contributed by atoms with van der Waals surface area (Å²) in [4.78, 5) is 1.37. The van der Waals surface area contributed by atoms with Crippen molar-refractivity contribution in [1.29, 1.82) is 0 Å². The highest BCUT2D eigenvalue weighted by atomic mass is 32.1. The molecule has 98 valence electrons. The molecule has 2 heterocycles. The average molecular weight is 264 g/mol. The van der Waals surface area contributed by atoms with Crippen LogP contribution < -0.4 is 11.1 Å². The monoisotopic (exact) mass is 264 g/mol. The maximum Gasteiger partial charge on any atom is 0.147 e. The maximum atomic E-state index is 6.01. The van der Waals surface area contributed by atoms with Gasteiger partial charge in [-0.2, -0.15) is 5.10 Å². The number of hydrogen-bond acceptors (Lipinski definition) is 4. The summed E-state index contributed by atoms with van der Waals surface area (Å²) in [5, 5.41) is 9.83. The van der Waals surface area contributed by atoms with Gasteiger partial charge in [0, 0.05) is 23.9 Å². The number of thiophene rings is 1. The van der Waals surface area contributed by atoms with Crippen LogP contribution in [0.1, 0.15) is 24.4 Å².